The summed E-state index contributed by atoms with van der Waals surface area (Å²) in [6, 6.07) is 12.1. The van der Waals surface area contributed by atoms with Crippen LogP contribution in [0.15, 0.2) is 54.6 Å². The lowest BCUT2D eigenvalue weighted by Crippen LogP contribution is -2.46. The molecule has 0 spiro atoms. The van der Waals surface area contributed by atoms with E-state index < -0.39 is 40.6 Å². The second-order valence-corrected chi connectivity index (χ2v) is 7.88. The van der Waals surface area contributed by atoms with Crippen molar-refractivity contribution >= 4 is 23.8 Å². The van der Waals surface area contributed by atoms with Gasteiger partial charge in [0.05, 0.1) is 10.8 Å². The number of carbonyl (C=O) groups is 3. The van der Waals surface area contributed by atoms with Gasteiger partial charge < -0.3 is 19.9 Å². The third-order valence-corrected chi connectivity index (χ3v) is 4.15. The molecular weight excluding hydrogens is 420 g/mol. The van der Waals surface area contributed by atoms with E-state index in [2.05, 4.69) is 4.74 Å². The van der Waals surface area contributed by atoms with Gasteiger partial charge in [-0.3, -0.25) is 14.9 Å². The number of esters is 2. The summed E-state index contributed by atoms with van der Waals surface area (Å²) >= 11 is 0. The maximum Gasteiger partial charge on any atom is 0.516 e. The summed E-state index contributed by atoms with van der Waals surface area (Å²) in [4.78, 5) is 47.2. The van der Waals surface area contributed by atoms with Crippen LogP contribution in [0.2, 0.25) is 0 Å². The van der Waals surface area contributed by atoms with E-state index in [0.717, 1.165) is 0 Å². The van der Waals surface area contributed by atoms with Crippen molar-refractivity contribution in [2.45, 2.75) is 38.8 Å². The van der Waals surface area contributed by atoms with E-state index in [1.165, 1.54) is 24.3 Å². The standard InChI is InChI=1S/C22H24N2O8/c1-22(2,3)32-21(27)31-20(26)18(23)17(13-14-7-5-4-6-8-14)19(25)30-16-11-9-15(10-12-16)24(28)29/h4-12,17-18H,13,23H2,1-3H3/t17?,18-/m0/s1. The van der Waals surface area contributed by atoms with Gasteiger partial charge in [-0.1, -0.05) is 30.3 Å². The molecule has 0 amide bonds. The molecule has 0 fully saturated rings. The van der Waals surface area contributed by atoms with Crippen LogP contribution in [-0.2, 0) is 25.5 Å². The fraction of sp³-hybridized carbons (Fsp3) is 0.318. The number of benzene rings is 2. The van der Waals surface area contributed by atoms with Crippen LogP contribution < -0.4 is 10.5 Å². The van der Waals surface area contributed by atoms with Crippen LogP contribution >= 0.6 is 0 Å². The average molecular weight is 444 g/mol. The van der Waals surface area contributed by atoms with Gasteiger partial charge >= 0.3 is 18.1 Å². The van der Waals surface area contributed by atoms with Gasteiger partial charge in [-0.25, -0.2) is 9.59 Å². The first kappa shape index (κ1) is 24.5. The highest BCUT2D eigenvalue weighted by atomic mass is 16.7. The highest BCUT2D eigenvalue weighted by molar-refractivity contribution is 5.90. The Kier molecular flexibility index (Phi) is 8.03. The number of nitrogens with zero attached hydrogens (tertiary/aromatic N) is 1. The lowest BCUT2D eigenvalue weighted by atomic mass is 9.92. The molecule has 0 saturated carbocycles. The Morgan fingerprint density at radius 2 is 1.59 bits per heavy atom. The molecule has 170 valence electrons. The Balaban J connectivity index is 2.18. The lowest BCUT2D eigenvalue weighted by Gasteiger charge is -2.22. The molecule has 0 aromatic heterocycles. The molecular formula is C22H24N2O8. The zero-order chi connectivity index (χ0) is 23.9. The van der Waals surface area contributed by atoms with Crippen LogP contribution in [0, 0.1) is 16.0 Å². The Labute approximate surface area is 184 Å². The highest BCUT2D eigenvalue weighted by Crippen LogP contribution is 2.21. The summed E-state index contributed by atoms with van der Waals surface area (Å²) in [7, 11) is 0. The molecule has 2 aromatic rings. The molecule has 0 aliphatic heterocycles. The average Bonchev–Trinajstić information content (AvgIpc) is 2.71. The van der Waals surface area contributed by atoms with E-state index in [9.17, 15) is 24.5 Å². The van der Waals surface area contributed by atoms with E-state index in [0.29, 0.717) is 5.56 Å². The fourth-order valence-electron chi connectivity index (χ4n) is 2.64. The molecule has 2 aromatic carbocycles. The monoisotopic (exact) mass is 444 g/mol. The van der Waals surface area contributed by atoms with Crippen LogP contribution in [-0.4, -0.2) is 34.7 Å². The topological polar surface area (TPSA) is 148 Å². The quantitative estimate of drug-likeness (QED) is 0.223. The molecule has 2 N–H and O–H groups in total. The number of hydrogen-bond acceptors (Lipinski definition) is 9. The first-order valence-electron chi connectivity index (χ1n) is 9.66. The van der Waals surface area contributed by atoms with Gasteiger partial charge in [0.15, 0.2) is 0 Å². The smallest absolute Gasteiger partial charge is 0.428 e. The number of carbonyl (C=O) groups excluding carboxylic acids is 3. The Morgan fingerprint density at radius 1 is 1.00 bits per heavy atom. The largest absolute Gasteiger partial charge is 0.516 e. The summed E-state index contributed by atoms with van der Waals surface area (Å²) in [5.41, 5.74) is 5.59. The molecule has 0 radical (unpaired) electrons. The molecule has 0 heterocycles. The maximum absolute atomic E-state index is 12.8. The lowest BCUT2D eigenvalue weighted by molar-refractivity contribution is -0.384. The third-order valence-electron chi connectivity index (χ3n) is 4.15. The van der Waals surface area contributed by atoms with Crippen molar-refractivity contribution in [3.05, 3.63) is 70.3 Å². The minimum absolute atomic E-state index is 0.0250. The molecule has 0 aliphatic carbocycles. The van der Waals surface area contributed by atoms with Crippen molar-refractivity contribution in [3.63, 3.8) is 0 Å². The Bertz CT molecular complexity index is 968. The summed E-state index contributed by atoms with van der Waals surface area (Å²) in [5.74, 6) is -3.19. The van der Waals surface area contributed by atoms with Gasteiger partial charge in [0.25, 0.3) is 5.69 Å². The molecule has 0 saturated heterocycles. The molecule has 1 unspecified atom stereocenters. The van der Waals surface area contributed by atoms with Gasteiger partial charge in [-0.15, -0.1) is 0 Å². The molecule has 2 atom stereocenters. The number of nitrogens with two attached hydrogens (primary N) is 1. The molecule has 0 aliphatic rings. The number of nitro groups is 1. The highest BCUT2D eigenvalue weighted by Gasteiger charge is 2.36. The van der Waals surface area contributed by atoms with E-state index >= 15 is 0 Å². The predicted octanol–water partition coefficient (Wildman–Crippen LogP) is 3.16. The molecule has 10 heteroatoms. The maximum atomic E-state index is 12.8. The SMILES string of the molecule is CC(C)(C)OC(=O)OC(=O)[C@@H](N)C(Cc1ccccc1)C(=O)Oc1ccc([N+](=O)[O-])cc1. The van der Waals surface area contributed by atoms with Crippen molar-refractivity contribution in [1.82, 2.24) is 0 Å². The van der Waals surface area contributed by atoms with Crippen molar-refractivity contribution in [2.75, 3.05) is 0 Å². The first-order valence-corrected chi connectivity index (χ1v) is 9.66. The van der Waals surface area contributed by atoms with Crippen molar-refractivity contribution < 1.29 is 33.5 Å². The number of nitro benzene ring substituents is 1. The van der Waals surface area contributed by atoms with Gasteiger partial charge in [0.2, 0.25) is 0 Å². The van der Waals surface area contributed by atoms with Crippen LogP contribution in [0.5, 0.6) is 5.75 Å². The molecule has 10 nitrogen and oxygen atoms in total. The number of hydrogen-bond donors (Lipinski definition) is 1. The third kappa shape index (κ3) is 7.47. The van der Waals surface area contributed by atoms with E-state index in [1.54, 1.807) is 51.1 Å². The number of non-ortho nitro benzene ring substituents is 1. The second kappa shape index (κ2) is 10.5. The van der Waals surface area contributed by atoms with E-state index in [1.807, 2.05) is 0 Å². The number of ether oxygens (including phenoxy) is 3. The first-order chi connectivity index (χ1) is 15.0. The van der Waals surface area contributed by atoms with Gasteiger partial charge in [0, 0.05) is 12.1 Å². The normalized spacial score (nSPS) is 12.9. The number of rotatable bonds is 7. The van der Waals surface area contributed by atoms with Crippen LogP contribution in [0.4, 0.5) is 10.5 Å². The fourth-order valence-corrected chi connectivity index (χ4v) is 2.64. The predicted molar refractivity (Wildman–Crippen MR) is 113 cm³/mol. The second-order valence-electron chi connectivity index (χ2n) is 7.88. The van der Waals surface area contributed by atoms with Crippen molar-refractivity contribution in [2.24, 2.45) is 11.7 Å². The van der Waals surface area contributed by atoms with Crippen LogP contribution in [0.1, 0.15) is 26.3 Å². The Hall–Kier alpha value is -3.79. The minimum Gasteiger partial charge on any atom is -0.428 e. The van der Waals surface area contributed by atoms with Gasteiger partial charge in [-0.05, 0) is 44.9 Å². The summed E-state index contributed by atoms with van der Waals surface area (Å²) < 4.78 is 14.9. The summed E-state index contributed by atoms with van der Waals surface area (Å²) in [5, 5.41) is 10.8. The zero-order valence-corrected chi connectivity index (χ0v) is 17.8. The van der Waals surface area contributed by atoms with Crippen molar-refractivity contribution in [3.8, 4) is 5.75 Å². The molecule has 2 rings (SSSR count). The van der Waals surface area contributed by atoms with Crippen molar-refractivity contribution in [1.29, 1.82) is 0 Å². The van der Waals surface area contributed by atoms with E-state index in [4.69, 9.17) is 15.2 Å². The van der Waals surface area contributed by atoms with E-state index in [-0.39, 0.29) is 17.9 Å². The van der Waals surface area contributed by atoms with Crippen LogP contribution in [0.3, 0.4) is 0 Å². The van der Waals surface area contributed by atoms with Gasteiger partial charge in [-0.2, -0.15) is 0 Å². The minimum atomic E-state index is -1.53. The summed E-state index contributed by atoms with van der Waals surface area (Å²) in [6.45, 7) is 4.79. The summed E-state index contributed by atoms with van der Waals surface area (Å²) in [6.07, 6.45) is -1.21. The molecule has 32 heavy (non-hydrogen) atoms. The zero-order valence-electron chi connectivity index (χ0n) is 17.8. The Morgan fingerprint density at radius 3 is 2.12 bits per heavy atom. The van der Waals surface area contributed by atoms with Crippen LogP contribution in [0.25, 0.3) is 0 Å². The molecule has 0 bridgehead atoms. The van der Waals surface area contributed by atoms with Gasteiger partial charge in [0.1, 0.15) is 17.4 Å².